The molecule has 0 heterocycles. The van der Waals surface area contributed by atoms with Crippen molar-refractivity contribution in [3.8, 4) is 0 Å². The maximum Gasteiger partial charge on any atom is 0.178 e. The summed E-state index contributed by atoms with van der Waals surface area (Å²) in [5.41, 5.74) is 0.535. The Morgan fingerprint density at radius 2 is 2.06 bits per heavy atom. The van der Waals surface area contributed by atoms with E-state index in [9.17, 15) is 9.00 Å². The number of Topliss-reactive ketones (excluding diaryl/α,β-unsaturated/α-hetero) is 1. The largest absolute Gasteiger partial charge is 0.293 e. The Labute approximate surface area is 116 Å². The zero-order valence-electron chi connectivity index (χ0n) is 11.0. The zero-order valence-corrected chi connectivity index (χ0v) is 12.6. The van der Waals surface area contributed by atoms with Gasteiger partial charge in [-0.25, -0.2) is 0 Å². The smallest absolute Gasteiger partial charge is 0.178 e. The van der Waals surface area contributed by atoms with Crippen LogP contribution in [0.1, 0.15) is 37.6 Å². The van der Waals surface area contributed by atoms with E-state index >= 15 is 0 Å². The van der Waals surface area contributed by atoms with Crippen molar-refractivity contribution in [3.63, 3.8) is 0 Å². The fraction of sp³-hybridized carbons (Fsp3) is 0.500. The van der Waals surface area contributed by atoms with E-state index in [1.807, 2.05) is 0 Å². The number of hydrogen-bond donors (Lipinski definition) is 0. The number of rotatable bonds is 6. The zero-order chi connectivity index (χ0) is 13.7. The molecule has 0 fully saturated rings. The minimum Gasteiger partial charge on any atom is -0.293 e. The molecule has 2 nitrogen and oxygen atoms in total. The number of carbonyl (C=O) groups excluding carboxylic acids is 1. The summed E-state index contributed by atoms with van der Waals surface area (Å²) in [6, 6.07) is 6.80. The third-order valence-electron chi connectivity index (χ3n) is 3.02. The molecule has 0 aliphatic rings. The number of benzene rings is 1. The van der Waals surface area contributed by atoms with Crippen LogP contribution in [0.3, 0.4) is 0 Å². The summed E-state index contributed by atoms with van der Waals surface area (Å²) in [5, 5.41) is 0.0539. The first-order chi connectivity index (χ1) is 8.45. The summed E-state index contributed by atoms with van der Waals surface area (Å²) in [5.74, 6) is 0.851. The van der Waals surface area contributed by atoms with Crippen LogP contribution in [0.15, 0.2) is 24.3 Å². The second kappa shape index (κ2) is 7.05. The van der Waals surface area contributed by atoms with Gasteiger partial charge in [-0.15, -0.1) is 0 Å². The fourth-order valence-electron chi connectivity index (χ4n) is 1.54. The molecule has 0 aliphatic carbocycles. The molecule has 18 heavy (non-hydrogen) atoms. The van der Waals surface area contributed by atoms with Crippen molar-refractivity contribution in [1.29, 1.82) is 0 Å². The molecule has 0 radical (unpaired) electrons. The summed E-state index contributed by atoms with van der Waals surface area (Å²) < 4.78 is 12.1. The monoisotopic (exact) mass is 286 g/mol. The maximum atomic E-state index is 12.2. The van der Waals surface area contributed by atoms with E-state index in [4.69, 9.17) is 11.6 Å². The lowest BCUT2D eigenvalue weighted by molar-refractivity contribution is 0.0992. The number of hydrogen-bond acceptors (Lipinski definition) is 2. The van der Waals surface area contributed by atoms with Crippen molar-refractivity contribution in [2.24, 2.45) is 5.92 Å². The molecule has 3 atom stereocenters. The van der Waals surface area contributed by atoms with Gasteiger partial charge in [0.25, 0.3) is 0 Å². The molecule has 0 aliphatic heterocycles. The molecule has 0 saturated heterocycles. The summed E-state index contributed by atoms with van der Waals surface area (Å²) in [6.45, 7) is 5.83. The SMILES string of the molecule is CCC(C)CS(=O)C(C)C(=O)c1cccc(Cl)c1. The average Bonchev–Trinajstić information content (AvgIpc) is 2.36. The summed E-state index contributed by atoms with van der Waals surface area (Å²) >= 11 is 5.85. The molecule has 4 heteroatoms. The molecule has 0 bridgehead atoms. The minimum atomic E-state index is -1.12. The Bertz CT molecular complexity index is 445. The maximum absolute atomic E-state index is 12.2. The van der Waals surface area contributed by atoms with Crippen LogP contribution in [0.4, 0.5) is 0 Å². The van der Waals surface area contributed by atoms with Crippen LogP contribution >= 0.6 is 11.6 Å². The lowest BCUT2D eigenvalue weighted by Crippen LogP contribution is -2.26. The lowest BCUT2D eigenvalue weighted by Gasteiger charge is -2.13. The second-order valence-electron chi connectivity index (χ2n) is 4.58. The molecule has 1 aromatic carbocycles. The summed E-state index contributed by atoms with van der Waals surface area (Å²) in [4.78, 5) is 12.2. The topological polar surface area (TPSA) is 34.1 Å². The highest BCUT2D eigenvalue weighted by Crippen LogP contribution is 2.15. The van der Waals surface area contributed by atoms with Gasteiger partial charge >= 0.3 is 0 Å². The molecular weight excluding hydrogens is 268 g/mol. The van der Waals surface area contributed by atoms with Crippen molar-refractivity contribution in [1.82, 2.24) is 0 Å². The lowest BCUT2D eigenvalue weighted by atomic mass is 10.1. The fourth-order valence-corrected chi connectivity index (χ4v) is 3.19. The molecule has 1 rings (SSSR count). The molecule has 3 unspecified atom stereocenters. The highest BCUT2D eigenvalue weighted by molar-refractivity contribution is 7.86. The molecule has 1 aromatic rings. The van der Waals surface area contributed by atoms with E-state index < -0.39 is 16.0 Å². The number of carbonyl (C=O) groups is 1. The van der Waals surface area contributed by atoms with Crippen molar-refractivity contribution >= 4 is 28.2 Å². The van der Waals surface area contributed by atoms with Crippen molar-refractivity contribution < 1.29 is 9.00 Å². The van der Waals surface area contributed by atoms with Crippen LogP contribution < -0.4 is 0 Å². The standard InChI is InChI=1S/C14H19ClO2S/c1-4-10(2)9-18(17)11(3)14(16)12-6-5-7-13(15)8-12/h5-8,10-11H,4,9H2,1-3H3. The van der Waals surface area contributed by atoms with Gasteiger partial charge in [-0.2, -0.15) is 0 Å². The van der Waals surface area contributed by atoms with E-state index in [0.717, 1.165) is 6.42 Å². The Balaban J connectivity index is 2.75. The quantitative estimate of drug-likeness (QED) is 0.747. The highest BCUT2D eigenvalue weighted by Gasteiger charge is 2.22. The summed E-state index contributed by atoms with van der Waals surface area (Å²) in [7, 11) is -1.12. The van der Waals surface area contributed by atoms with Gasteiger partial charge in [0.05, 0.1) is 5.25 Å². The normalized spacial score (nSPS) is 16.0. The number of halogens is 1. The van der Waals surface area contributed by atoms with Gasteiger partial charge in [0.2, 0.25) is 0 Å². The Morgan fingerprint density at radius 3 is 2.61 bits per heavy atom. The van der Waals surface area contributed by atoms with Crippen molar-refractivity contribution in [2.75, 3.05) is 5.75 Å². The Hall–Kier alpha value is -0.670. The molecule has 0 saturated carbocycles. The minimum absolute atomic E-state index is 0.0980. The Kier molecular flexibility index (Phi) is 6.03. The first-order valence-corrected chi connectivity index (χ1v) is 7.88. The van der Waals surface area contributed by atoms with Crippen LogP contribution in [0.25, 0.3) is 0 Å². The van der Waals surface area contributed by atoms with E-state index in [1.165, 1.54) is 0 Å². The molecule has 0 aromatic heterocycles. The van der Waals surface area contributed by atoms with Crippen LogP contribution in [0.2, 0.25) is 5.02 Å². The van der Waals surface area contributed by atoms with Crippen LogP contribution in [-0.2, 0) is 10.8 Å². The Morgan fingerprint density at radius 1 is 1.39 bits per heavy atom. The summed E-state index contributed by atoms with van der Waals surface area (Å²) in [6.07, 6.45) is 0.976. The molecule has 0 amide bonds. The van der Waals surface area contributed by atoms with Gasteiger partial charge in [-0.3, -0.25) is 9.00 Å². The van der Waals surface area contributed by atoms with Crippen LogP contribution in [0, 0.1) is 5.92 Å². The van der Waals surface area contributed by atoms with E-state index in [-0.39, 0.29) is 5.78 Å². The van der Waals surface area contributed by atoms with Crippen molar-refractivity contribution in [3.05, 3.63) is 34.9 Å². The van der Waals surface area contributed by atoms with Crippen molar-refractivity contribution in [2.45, 2.75) is 32.4 Å². The van der Waals surface area contributed by atoms with Gasteiger partial charge in [0.15, 0.2) is 5.78 Å². The third-order valence-corrected chi connectivity index (χ3v) is 5.15. The predicted molar refractivity (Wildman–Crippen MR) is 77.7 cm³/mol. The van der Waals surface area contributed by atoms with Crippen LogP contribution in [0.5, 0.6) is 0 Å². The van der Waals surface area contributed by atoms with Gasteiger partial charge in [-0.05, 0) is 25.0 Å². The van der Waals surface area contributed by atoms with Gasteiger partial charge in [0.1, 0.15) is 0 Å². The average molecular weight is 287 g/mol. The predicted octanol–water partition coefficient (Wildman–Crippen LogP) is 3.71. The number of ketones is 1. The molecule has 0 spiro atoms. The first-order valence-electron chi connectivity index (χ1n) is 6.12. The molecule has 100 valence electrons. The second-order valence-corrected chi connectivity index (χ2v) is 6.82. The third kappa shape index (κ3) is 4.21. The molecule has 0 N–H and O–H groups in total. The van der Waals surface area contributed by atoms with Gasteiger partial charge in [0, 0.05) is 27.1 Å². The highest BCUT2D eigenvalue weighted by atomic mass is 35.5. The van der Waals surface area contributed by atoms with E-state index in [1.54, 1.807) is 31.2 Å². The first kappa shape index (κ1) is 15.4. The van der Waals surface area contributed by atoms with Gasteiger partial charge < -0.3 is 0 Å². The van der Waals surface area contributed by atoms with Crippen LogP contribution in [-0.4, -0.2) is 21.0 Å². The van der Waals surface area contributed by atoms with E-state index in [0.29, 0.717) is 22.3 Å². The van der Waals surface area contributed by atoms with E-state index in [2.05, 4.69) is 13.8 Å². The van der Waals surface area contributed by atoms with Gasteiger partial charge in [-0.1, -0.05) is 44.0 Å². The molecular formula is C14H19ClO2S.